The van der Waals surface area contributed by atoms with E-state index < -0.39 is 17.3 Å². The lowest BCUT2D eigenvalue weighted by molar-refractivity contribution is -0.135. The molecule has 166 valence electrons. The number of aryl methyl sites for hydroxylation is 1. The number of likely N-dealkylation sites (tertiary alicyclic amines) is 1. The number of nitrogens with two attached hydrogens (primary N) is 1. The number of alkyl halides is 3. The Balaban J connectivity index is 1.95. The van der Waals surface area contributed by atoms with Gasteiger partial charge in [0.15, 0.2) is 0 Å². The molecule has 0 aliphatic carbocycles. The molecule has 1 amide bonds. The first kappa shape index (κ1) is 22.2. The number of piperidine rings is 1. The van der Waals surface area contributed by atoms with Gasteiger partial charge >= 0.3 is 12.3 Å². The average Bonchev–Trinajstić information content (AvgIpc) is 2.96. The van der Waals surface area contributed by atoms with E-state index in [1.807, 2.05) is 20.8 Å². The van der Waals surface area contributed by atoms with Crippen LogP contribution in [0, 0.1) is 0 Å². The number of carbonyl (C=O) groups excluding carboxylic acids is 1. The van der Waals surface area contributed by atoms with Crippen LogP contribution < -0.4 is 5.73 Å². The number of carbonyl (C=O) groups is 1. The van der Waals surface area contributed by atoms with E-state index >= 15 is 0 Å². The van der Waals surface area contributed by atoms with Gasteiger partial charge in [0.2, 0.25) is 0 Å². The number of fused-ring (bicyclic) bond motifs is 1. The smallest absolute Gasteiger partial charge is 0.419 e. The quantitative estimate of drug-likeness (QED) is 0.693. The van der Waals surface area contributed by atoms with Crippen molar-refractivity contribution in [3.05, 3.63) is 23.5 Å². The highest BCUT2D eigenvalue weighted by molar-refractivity contribution is 5.89. The second kappa shape index (κ2) is 8.00. The van der Waals surface area contributed by atoms with Gasteiger partial charge < -0.3 is 19.9 Å². The zero-order chi connectivity index (χ0) is 22.3. The van der Waals surface area contributed by atoms with Gasteiger partial charge in [-0.2, -0.15) is 13.2 Å². The number of unbranched alkanes of at least 4 members (excludes halogenated alkanes) is 1. The molecule has 3 rings (SSSR count). The van der Waals surface area contributed by atoms with Crippen molar-refractivity contribution < 1.29 is 22.7 Å². The predicted octanol–water partition coefficient (Wildman–Crippen LogP) is 5.07. The molecule has 1 aliphatic rings. The molecular weight excluding hydrogens is 397 g/mol. The number of anilines is 1. The van der Waals surface area contributed by atoms with Crippen LogP contribution >= 0.6 is 0 Å². The molecular formula is C21H29F3N4O2. The second-order valence-corrected chi connectivity index (χ2v) is 8.60. The normalized spacial score (nSPS) is 19.3. The second-order valence-electron chi connectivity index (χ2n) is 8.60. The fourth-order valence-corrected chi connectivity index (χ4v) is 4.39. The Morgan fingerprint density at radius 1 is 1.40 bits per heavy atom. The molecule has 1 atom stereocenters. The molecule has 0 radical (unpaired) electrons. The molecule has 1 fully saturated rings. The highest BCUT2D eigenvalue weighted by atomic mass is 19.4. The largest absolute Gasteiger partial charge is 0.449 e. The highest BCUT2D eigenvalue weighted by Gasteiger charge is 2.42. The summed E-state index contributed by atoms with van der Waals surface area (Å²) >= 11 is 0. The van der Waals surface area contributed by atoms with E-state index in [1.165, 1.54) is 0 Å². The van der Waals surface area contributed by atoms with Crippen LogP contribution in [-0.4, -0.2) is 39.2 Å². The minimum atomic E-state index is -4.58. The van der Waals surface area contributed by atoms with Gasteiger partial charge in [0, 0.05) is 30.7 Å². The minimum Gasteiger partial charge on any atom is -0.449 e. The van der Waals surface area contributed by atoms with Crippen molar-refractivity contribution in [2.75, 3.05) is 18.9 Å². The summed E-state index contributed by atoms with van der Waals surface area (Å²) in [4.78, 5) is 18.3. The zero-order valence-corrected chi connectivity index (χ0v) is 17.8. The third-order valence-corrected chi connectivity index (χ3v) is 5.89. The van der Waals surface area contributed by atoms with Gasteiger partial charge in [-0.15, -0.1) is 0 Å². The summed E-state index contributed by atoms with van der Waals surface area (Å²) in [5.74, 6) is -0.159. The molecule has 1 aliphatic heterocycles. The maximum absolute atomic E-state index is 13.8. The first-order chi connectivity index (χ1) is 14.0. The van der Waals surface area contributed by atoms with Crippen LogP contribution in [0.15, 0.2) is 12.4 Å². The lowest BCUT2D eigenvalue weighted by atomic mass is 9.79. The molecule has 30 heavy (non-hydrogen) atoms. The Morgan fingerprint density at radius 2 is 2.10 bits per heavy atom. The maximum atomic E-state index is 13.8. The summed E-state index contributed by atoms with van der Waals surface area (Å²) < 4.78 is 48.4. The van der Waals surface area contributed by atoms with Gasteiger partial charge in [0.05, 0.1) is 24.1 Å². The molecule has 0 aromatic carbocycles. The fraction of sp³-hybridized carbons (Fsp3) is 0.619. The Hall–Kier alpha value is -2.45. The van der Waals surface area contributed by atoms with E-state index in [-0.39, 0.29) is 28.7 Å². The molecule has 3 heterocycles. The Bertz CT molecular complexity index is 936. The summed E-state index contributed by atoms with van der Waals surface area (Å²) in [5.41, 5.74) is 4.76. The van der Waals surface area contributed by atoms with Crippen LogP contribution in [0.4, 0.5) is 23.7 Å². The summed E-state index contributed by atoms with van der Waals surface area (Å²) in [6, 6.07) is 0. The van der Waals surface area contributed by atoms with Crippen LogP contribution in [-0.2, 0) is 18.0 Å². The number of nitrogens with zero attached hydrogens (tertiary/aromatic N) is 3. The van der Waals surface area contributed by atoms with Crippen molar-refractivity contribution in [3.8, 4) is 0 Å². The third kappa shape index (κ3) is 4.06. The van der Waals surface area contributed by atoms with Crippen molar-refractivity contribution in [2.45, 2.75) is 64.1 Å². The van der Waals surface area contributed by atoms with E-state index in [9.17, 15) is 18.0 Å². The highest BCUT2D eigenvalue weighted by Crippen LogP contribution is 2.45. The van der Waals surface area contributed by atoms with Gasteiger partial charge in [-0.1, -0.05) is 13.3 Å². The molecule has 1 unspecified atom stereocenters. The molecule has 2 aromatic rings. The van der Waals surface area contributed by atoms with E-state index in [2.05, 4.69) is 4.98 Å². The fourth-order valence-electron chi connectivity index (χ4n) is 4.39. The van der Waals surface area contributed by atoms with Crippen LogP contribution in [0.3, 0.4) is 0 Å². The number of hydrogen-bond acceptors (Lipinski definition) is 4. The number of aromatic nitrogens is 2. The third-order valence-electron chi connectivity index (χ3n) is 5.89. The summed E-state index contributed by atoms with van der Waals surface area (Å²) in [5, 5.41) is 0.0600. The number of ether oxygens (including phenoxy) is 1. The van der Waals surface area contributed by atoms with Gasteiger partial charge in [0.25, 0.3) is 0 Å². The number of halogens is 3. The van der Waals surface area contributed by atoms with Gasteiger partial charge in [0.1, 0.15) is 5.65 Å². The van der Waals surface area contributed by atoms with Crippen LogP contribution in [0.5, 0.6) is 0 Å². The van der Waals surface area contributed by atoms with Crippen LogP contribution in [0.2, 0.25) is 0 Å². The van der Waals surface area contributed by atoms with Crippen molar-refractivity contribution in [1.29, 1.82) is 0 Å². The number of pyridine rings is 1. The zero-order valence-electron chi connectivity index (χ0n) is 17.8. The number of rotatable bonds is 4. The topological polar surface area (TPSA) is 73.4 Å². The summed E-state index contributed by atoms with van der Waals surface area (Å²) in [6.45, 7) is 6.64. The van der Waals surface area contributed by atoms with E-state index in [0.29, 0.717) is 31.6 Å². The Labute approximate surface area is 174 Å². The lowest BCUT2D eigenvalue weighted by Gasteiger charge is -2.45. The standard InChI is InChI=1S/C21H29F3N4O2/c1-5-6-9-30-19(29)28-8-7-13(10-20(28,2)3)14-12-27(4)18-16(14)17(21(22,23)24)15(25)11-26-18/h11-13H,5-10,25H2,1-4H3. The monoisotopic (exact) mass is 426 g/mol. The maximum Gasteiger partial charge on any atom is 0.419 e. The number of nitrogen functional groups attached to an aromatic ring is 1. The van der Waals surface area contributed by atoms with Crippen LogP contribution in [0.1, 0.15) is 63.5 Å². The number of hydrogen-bond donors (Lipinski definition) is 1. The van der Waals surface area contributed by atoms with Crippen LogP contribution in [0.25, 0.3) is 11.0 Å². The molecule has 1 saturated heterocycles. The molecule has 9 heteroatoms. The van der Waals surface area contributed by atoms with E-state index in [4.69, 9.17) is 10.5 Å². The Kier molecular flexibility index (Phi) is 5.93. The van der Waals surface area contributed by atoms with Crippen molar-refractivity contribution in [2.24, 2.45) is 7.05 Å². The molecule has 0 saturated carbocycles. The first-order valence-electron chi connectivity index (χ1n) is 10.2. The average molecular weight is 426 g/mol. The van der Waals surface area contributed by atoms with Gasteiger partial charge in [-0.05, 0) is 44.6 Å². The minimum absolute atomic E-state index is 0.0600. The van der Waals surface area contributed by atoms with Gasteiger partial charge in [-0.25, -0.2) is 9.78 Å². The number of amides is 1. The molecule has 2 N–H and O–H groups in total. The molecule has 0 bridgehead atoms. The van der Waals surface area contributed by atoms with Crippen molar-refractivity contribution >= 4 is 22.8 Å². The molecule has 6 nitrogen and oxygen atoms in total. The summed E-state index contributed by atoms with van der Waals surface area (Å²) in [6.07, 6.45) is 0.605. The van der Waals surface area contributed by atoms with E-state index in [0.717, 1.165) is 19.0 Å². The molecule has 2 aromatic heterocycles. The first-order valence-corrected chi connectivity index (χ1v) is 10.2. The van der Waals surface area contributed by atoms with Crippen molar-refractivity contribution in [3.63, 3.8) is 0 Å². The summed E-state index contributed by atoms with van der Waals surface area (Å²) in [7, 11) is 1.68. The lowest BCUT2D eigenvalue weighted by Crippen LogP contribution is -2.52. The molecule has 0 spiro atoms. The Morgan fingerprint density at radius 3 is 2.70 bits per heavy atom. The van der Waals surface area contributed by atoms with E-state index in [1.54, 1.807) is 22.7 Å². The predicted molar refractivity (Wildman–Crippen MR) is 109 cm³/mol. The SMILES string of the molecule is CCCCOC(=O)N1CCC(c2cn(C)c3ncc(N)c(C(F)(F)F)c23)CC1(C)C. The van der Waals surface area contributed by atoms with Crippen molar-refractivity contribution in [1.82, 2.24) is 14.5 Å². The van der Waals surface area contributed by atoms with Gasteiger partial charge in [-0.3, -0.25) is 0 Å².